The van der Waals surface area contributed by atoms with Crippen molar-refractivity contribution in [3.63, 3.8) is 0 Å². The molecule has 3 rings (SSSR count). The monoisotopic (exact) mass is 382 g/mol. The van der Waals surface area contributed by atoms with E-state index in [1.165, 1.54) is 16.7 Å². The molecule has 28 heavy (non-hydrogen) atoms. The minimum absolute atomic E-state index is 0.0137. The van der Waals surface area contributed by atoms with E-state index in [9.17, 15) is 23.9 Å². The molecule has 3 aromatic rings. The van der Waals surface area contributed by atoms with E-state index >= 15 is 0 Å². The van der Waals surface area contributed by atoms with Gasteiger partial charge in [-0.1, -0.05) is 38.1 Å². The predicted octanol–water partition coefficient (Wildman–Crippen LogP) is 5.54. The average Bonchev–Trinajstić information content (AvgIpc) is 2.94. The second kappa shape index (κ2) is 8.49. The number of nitriles is 1. The first kappa shape index (κ1) is 20.8. The predicted molar refractivity (Wildman–Crippen MR) is 104 cm³/mol. The lowest BCUT2D eigenvalue weighted by molar-refractivity contribution is 0.0687. The van der Waals surface area contributed by atoms with Crippen molar-refractivity contribution in [1.29, 1.82) is 5.26 Å². The van der Waals surface area contributed by atoms with Gasteiger partial charge in [0.05, 0.1) is 5.56 Å². The lowest BCUT2D eigenvalue weighted by Crippen LogP contribution is -2.06. The summed E-state index contributed by atoms with van der Waals surface area (Å²) in [5.41, 5.74) is 2.47. The van der Waals surface area contributed by atoms with Crippen LogP contribution in [-0.2, 0) is 7.05 Å². The lowest BCUT2D eigenvalue weighted by Gasteiger charge is -2.07. The van der Waals surface area contributed by atoms with Gasteiger partial charge >= 0.3 is 5.97 Å². The molecule has 6 heteroatoms. The van der Waals surface area contributed by atoms with Gasteiger partial charge in [0.25, 0.3) is 0 Å². The van der Waals surface area contributed by atoms with E-state index in [0.717, 1.165) is 6.07 Å². The molecule has 0 spiro atoms. The van der Waals surface area contributed by atoms with Crippen LogP contribution in [0.5, 0.6) is 0 Å². The highest BCUT2D eigenvalue weighted by molar-refractivity contribution is 5.97. The third kappa shape index (κ3) is 3.65. The van der Waals surface area contributed by atoms with Crippen molar-refractivity contribution in [2.75, 3.05) is 0 Å². The second-order valence-corrected chi connectivity index (χ2v) is 5.86. The van der Waals surface area contributed by atoms with Crippen LogP contribution in [0.2, 0.25) is 0 Å². The molecule has 4 nitrogen and oxygen atoms in total. The van der Waals surface area contributed by atoms with Gasteiger partial charge < -0.3 is 9.67 Å². The van der Waals surface area contributed by atoms with Gasteiger partial charge in [0.2, 0.25) is 0 Å². The van der Waals surface area contributed by atoms with E-state index in [2.05, 4.69) is 6.07 Å². The Kier molecular flexibility index (Phi) is 6.32. The van der Waals surface area contributed by atoms with Gasteiger partial charge in [0.1, 0.15) is 23.4 Å². The zero-order valence-corrected chi connectivity index (χ0v) is 16.0. The number of aromatic carboxylic acids is 1. The molecule has 0 unspecified atom stereocenters. The summed E-state index contributed by atoms with van der Waals surface area (Å²) in [6.45, 7) is 5.68. The number of benzene rings is 2. The number of carboxylic acids is 1. The summed E-state index contributed by atoms with van der Waals surface area (Å²) in [4.78, 5) is 11.6. The smallest absolute Gasteiger partial charge is 0.353 e. The fourth-order valence-electron chi connectivity index (χ4n) is 3.01. The topological polar surface area (TPSA) is 66.0 Å². The van der Waals surface area contributed by atoms with E-state index < -0.39 is 17.6 Å². The summed E-state index contributed by atoms with van der Waals surface area (Å²) < 4.78 is 28.5. The van der Waals surface area contributed by atoms with Gasteiger partial charge in [-0.2, -0.15) is 5.26 Å². The van der Waals surface area contributed by atoms with Crippen LogP contribution >= 0.6 is 0 Å². The van der Waals surface area contributed by atoms with Crippen molar-refractivity contribution >= 4 is 5.97 Å². The maximum atomic E-state index is 13.9. The molecule has 0 fully saturated rings. The number of carboxylic acid groups (broad SMARTS) is 1. The second-order valence-electron chi connectivity index (χ2n) is 5.86. The van der Waals surface area contributed by atoms with Crippen LogP contribution in [0, 0.1) is 29.9 Å². The summed E-state index contributed by atoms with van der Waals surface area (Å²) in [7, 11) is 1.59. The Morgan fingerprint density at radius 1 is 1.07 bits per heavy atom. The van der Waals surface area contributed by atoms with Crippen LogP contribution < -0.4 is 0 Å². The van der Waals surface area contributed by atoms with Crippen LogP contribution in [0.4, 0.5) is 8.78 Å². The Morgan fingerprint density at radius 2 is 1.64 bits per heavy atom. The van der Waals surface area contributed by atoms with Crippen molar-refractivity contribution < 1.29 is 18.7 Å². The zero-order valence-electron chi connectivity index (χ0n) is 16.0. The lowest BCUT2D eigenvalue weighted by atomic mass is 9.97. The molecule has 144 valence electrons. The van der Waals surface area contributed by atoms with Crippen molar-refractivity contribution in [2.45, 2.75) is 20.8 Å². The molecular weight excluding hydrogens is 362 g/mol. The molecule has 0 atom stereocenters. The Hall–Kier alpha value is -3.46. The average molecular weight is 382 g/mol. The van der Waals surface area contributed by atoms with E-state index in [0.29, 0.717) is 22.4 Å². The number of hydrogen-bond donors (Lipinski definition) is 1. The Balaban J connectivity index is 0.00000136. The fraction of sp³-hybridized carbons (Fsp3) is 0.182. The molecule has 0 saturated carbocycles. The highest BCUT2D eigenvalue weighted by Crippen LogP contribution is 2.33. The SMILES string of the molecule is CC.Cc1c(C#N)c(-c2ccc(-c3ccc(F)cc3F)cc2)c(C(=O)O)n1C. The van der Waals surface area contributed by atoms with Crippen molar-refractivity contribution in [3.05, 3.63) is 71.1 Å². The summed E-state index contributed by atoms with van der Waals surface area (Å²) in [6.07, 6.45) is 0. The first-order valence-corrected chi connectivity index (χ1v) is 8.73. The van der Waals surface area contributed by atoms with Crippen LogP contribution in [-0.4, -0.2) is 15.6 Å². The molecule has 0 aliphatic heterocycles. The van der Waals surface area contributed by atoms with Crippen molar-refractivity contribution in [1.82, 2.24) is 4.57 Å². The van der Waals surface area contributed by atoms with E-state index in [1.807, 2.05) is 13.8 Å². The van der Waals surface area contributed by atoms with E-state index in [1.54, 1.807) is 38.2 Å². The number of halogens is 2. The summed E-state index contributed by atoms with van der Waals surface area (Å²) in [5, 5.41) is 19.0. The maximum Gasteiger partial charge on any atom is 0.353 e. The summed E-state index contributed by atoms with van der Waals surface area (Å²) in [5.74, 6) is -2.48. The normalized spacial score (nSPS) is 10.0. The Bertz CT molecular complexity index is 1060. The minimum Gasteiger partial charge on any atom is -0.477 e. The number of aromatic nitrogens is 1. The maximum absolute atomic E-state index is 13.9. The van der Waals surface area contributed by atoms with Gasteiger partial charge in [0, 0.05) is 29.9 Å². The molecule has 0 saturated heterocycles. The fourth-order valence-corrected chi connectivity index (χ4v) is 3.01. The van der Waals surface area contributed by atoms with Gasteiger partial charge in [0.15, 0.2) is 0 Å². The molecule has 1 N–H and O–H groups in total. The quantitative estimate of drug-likeness (QED) is 0.647. The standard InChI is InChI=1S/C20H14F2N2O2.C2H6/c1-11-16(10-23)18(19(20(25)26)24(11)2)13-5-3-12(4-6-13)15-8-7-14(21)9-17(15)22;1-2/h3-9H,1-2H3,(H,25,26);1-2H3. The molecule has 0 aliphatic rings. The van der Waals surface area contributed by atoms with Gasteiger partial charge in [-0.05, 0) is 30.2 Å². The Labute approximate surface area is 162 Å². The first-order valence-electron chi connectivity index (χ1n) is 8.73. The molecule has 0 bridgehead atoms. The third-order valence-electron chi connectivity index (χ3n) is 4.42. The van der Waals surface area contributed by atoms with Crippen LogP contribution in [0.15, 0.2) is 42.5 Å². The summed E-state index contributed by atoms with van der Waals surface area (Å²) >= 11 is 0. The van der Waals surface area contributed by atoms with E-state index in [-0.39, 0.29) is 16.8 Å². The van der Waals surface area contributed by atoms with Crippen molar-refractivity contribution in [2.24, 2.45) is 7.05 Å². The van der Waals surface area contributed by atoms with Gasteiger partial charge in [-0.3, -0.25) is 0 Å². The largest absolute Gasteiger partial charge is 0.477 e. The third-order valence-corrected chi connectivity index (χ3v) is 4.42. The minimum atomic E-state index is -1.14. The number of carbonyl (C=O) groups is 1. The van der Waals surface area contributed by atoms with Crippen LogP contribution in [0.3, 0.4) is 0 Å². The zero-order chi connectivity index (χ0) is 21.0. The first-order chi connectivity index (χ1) is 13.3. The number of rotatable bonds is 3. The van der Waals surface area contributed by atoms with Gasteiger partial charge in [-0.15, -0.1) is 0 Å². The highest BCUT2D eigenvalue weighted by atomic mass is 19.1. The molecule has 1 heterocycles. The molecule has 0 radical (unpaired) electrons. The Morgan fingerprint density at radius 3 is 2.14 bits per heavy atom. The van der Waals surface area contributed by atoms with E-state index in [4.69, 9.17) is 0 Å². The number of nitrogens with zero attached hydrogens (tertiary/aromatic N) is 2. The van der Waals surface area contributed by atoms with Crippen molar-refractivity contribution in [3.8, 4) is 28.3 Å². The summed E-state index contributed by atoms with van der Waals surface area (Å²) in [6, 6.07) is 11.8. The van der Waals surface area contributed by atoms with Crippen LogP contribution in [0.1, 0.15) is 35.6 Å². The molecular formula is C22H20F2N2O2. The molecule has 0 amide bonds. The van der Waals surface area contributed by atoms with Crippen LogP contribution in [0.25, 0.3) is 22.3 Å². The highest BCUT2D eigenvalue weighted by Gasteiger charge is 2.24. The number of hydrogen-bond acceptors (Lipinski definition) is 2. The molecule has 2 aromatic carbocycles. The van der Waals surface area contributed by atoms with Gasteiger partial charge in [-0.25, -0.2) is 13.6 Å². The molecule has 0 aliphatic carbocycles. The molecule has 1 aromatic heterocycles.